The minimum atomic E-state index is -1.42. The summed E-state index contributed by atoms with van der Waals surface area (Å²) in [6.45, 7) is 11.4. The maximum Gasteiger partial charge on any atom is 0.228 e. The van der Waals surface area contributed by atoms with Crippen molar-refractivity contribution in [2.75, 3.05) is 0 Å². The third-order valence-electron chi connectivity index (χ3n) is 5.37. The van der Waals surface area contributed by atoms with Crippen molar-refractivity contribution in [2.24, 2.45) is 7.05 Å². The maximum absolute atomic E-state index is 9.15. The highest BCUT2D eigenvalue weighted by atomic mass is 28.3. The van der Waals surface area contributed by atoms with Crippen LogP contribution in [0.25, 0.3) is 33.3 Å². The van der Waals surface area contributed by atoms with Crippen LogP contribution in [-0.4, -0.2) is 13.1 Å². The van der Waals surface area contributed by atoms with Crippen molar-refractivity contribution < 1.29 is 8.98 Å². The summed E-state index contributed by atoms with van der Waals surface area (Å²) in [5.74, 6) is 0. The third-order valence-corrected chi connectivity index (χ3v) is 7.51. The number of aromatic nitrogens is 2. The van der Waals surface area contributed by atoms with E-state index in [9.17, 15) is 0 Å². The molecular formula is C23H24N3OSi+. The first-order valence-electron chi connectivity index (χ1n) is 9.45. The summed E-state index contributed by atoms with van der Waals surface area (Å²) in [6.07, 6.45) is 2.28. The van der Waals surface area contributed by atoms with Crippen LogP contribution in [0.15, 0.2) is 40.9 Å². The van der Waals surface area contributed by atoms with E-state index in [1.54, 1.807) is 6.07 Å². The first-order chi connectivity index (χ1) is 13.2. The minimum absolute atomic E-state index is 0.366. The Hall–Kier alpha value is -2.97. The van der Waals surface area contributed by atoms with E-state index in [1.807, 2.05) is 6.07 Å². The fourth-order valence-corrected chi connectivity index (χ4v) is 5.82. The van der Waals surface area contributed by atoms with Gasteiger partial charge in [0.25, 0.3) is 0 Å². The molecule has 0 bridgehead atoms. The summed E-state index contributed by atoms with van der Waals surface area (Å²) in [5, 5.41) is 12.6. The second-order valence-electron chi connectivity index (χ2n) is 8.51. The molecular weight excluding hydrogens is 362 g/mol. The lowest BCUT2D eigenvalue weighted by Crippen LogP contribution is -2.46. The van der Waals surface area contributed by atoms with E-state index in [0.29, 0.717) is 11.4 Å². The topological polar surface area (TPSA) is 53.7 Å². The fourth-order valence-electron chi connectivity index (χ4n) is 3.98. The summed E-state index contributed by atoms with van der Waals surface area (Å²) >= 11 is 0. The van der Waals surface area contributed by atoms with Crippen LogP contribution >= 0.6 is 0 Å². The van der Waals surface area contributed by atoms with Gasteiger partial charge in [0.2, 0.25) is 11.4 Å². The fraction of sp³-hybridized carbons (Fsp3) is 0.261. The van der Waals surface area contributed by atoms with Gasteiger partial charge in [0, 0.05) is 22.0 Å². The molecule has 5 heteroatoms. The predicted molar refractivity (Wildman–Crippen MR) is 115 cm³/mol. The standard InChI is InChI=1S/C23H24N3OSi/c1-14-7-9-17-18-10-8-16(12-24)25-23(18)27-22(17)21(14)19-11-15(2)20(13-26(19)3)28(4,5)6/h7-11,13H,1-6H3/q+1. The van der Waals surface area contributed by atoms with E-state index in [4.69, 9.17) is 9.68 Å². The molecule has 0 saturated heterocycles. The molecule has 4 nitrogen and oxygen atoms in total. The van der Waals surface area contributed by atoms with E-state index >= 15 is 0 Å². The molecule has 0 aliphatic carbocycles. The zero-order valence-electron chi connectivity index (χ0n) is 17.2. The normalized spacial score (nSPS) is 11.9. The first-order valence-corrected chi connectivity index (χ1v) is 12.9. The van der Waals surface area contributed by atoms with Gasteiger partial charge in [0.1, 0.15) is 18.8 Å². The van der Waals surface area contributed by atoms with Gasteiger partial charge in [0.15, 0.2) is 11.8 Å². The van der Waals surface area contributed by atoms with E-state index in [1.165, 1.54) is 10.8 Å². The SMILES string of the molecule is Cc1cc(-c2c(C)ccc3c2oc2nc(C#N)ccc23)[n+](C)cc1[Si](C)(C)C. The van der Waals surface area contributed by atoms with Crippen LogP contribution in [0.1, 0.15) is 16.8 Å². The summed E-state index contributed by atoms with van der Waals surface area (Å²) < 4.78 is 8.40. The number of hydrogen-bond donors (Lipinski definition) is 0. The number of nitrogens with zero attached hydrogens (tertiary/aromatic N) is 3. The van der Waals surface area contributed by atoms with Crippen molar-refractivity contribution in [2.45, 2.75) is 33.5 Å². The Kier molecular flexibility index (Phi) is 4.13. The van der Waals surface area contributed by atoms with Gasteiger partial charge in [-0.3, -0.25) is 0 Å². The molecule has 0 saturated carbocycles. The van der Waals surface area contributed by atoms with E-state index in [2.05, 4.69) is 80.6 Å². The van der Waals surface area contributed by atoms with Crippen LogP contribution in [0, 0.1) is 25.2 Å². The predicted octanol–water partition coefficient (Wildman–Crippen LogP) is 4.51. The van der Waals surface area contributed by atoms with Gasteiger partial charge in [-0.1, -0.05) is 31.8 Å². The highest BCUT2D eigenvalue weighted by Crippen LogP contribution is 2.36. The van der Waals surface area contributed by atoms with Crippen LogP contribution in [0.4, 0.5) is 0 Å². The zero-order chi connectivity index (χ0) is 20.2. The van der Waals surface area contributed by atoms with Crippen LogP contribution in [0.2, 0.25) is 19.6 Å². The average molecular weight is 387 g/mol. The molecule has 0 amide bonds. The Labute approximate surface area is 166 Å². The molecule has 0 fully saturated rings. The molecule has 0 aliphatic heterocycles. The van der Waals surface area contributed by atoms with Gasteiger partial charge in [-0.2, -0.15) is 5.26 Å². The molecule has 0 atom stereocenters. The molecule has 140 valence electrons. The smallest absolute Gasteiger partial charge is 0.228 e. The largest absolute Gasteiger partial charge is 0.437 e. The first kappa shape index (κ1) is 18.4. The minimum Gasteiger partial charge on any atom is -0.437 e. The summed E-state index contributed by atoms with van der Waals surface area (Å²) in [5.41, 5.74) is 6.40. The highest BCUT2D eigenvalue weighted by molar-refractivity contribution is 6.88. The van der Waals surface area contributed by atoms with Crippen molar-refractivity contribution in [3.05, 3.63) is 53.3 Å². The summed E-state index contributed by atoms with van der Waals surface area (Å²) in [4.78, 5) is 4.35. The second-order valence-corrected chi connectivity index (χ2v) is 13.6. The summed E-state index contributed by atoms with van der Waals surface area (Å²) in [6, 6.07) is 12.2. The molecule has 4 rings (SSSR count). The Balaban J connectivity index is 2.05. The second kappa shape index (κ2) is 6.28. The third kappa shape index (κ3) is 2.81. The lowest BCUT2D eigenvalue weighted by atomic mass is 10.00. The molecule has 0 spiro atoms. The molecule has 3 heterocycles. The van der Waals surface area contributed by atoms with E-state index < -0.39 is 8.07 Å². The number of pyridine rings is 2. The maximum atomic E-state index is 9.15. The van der Waals surface area contributed by atoms with Gasteiger partial charge < -0.3 is 4.42 Å². The van der Waals surface area contributed by atoms with Gasteiger partial charge in [-0.15, -0.1) is 0 Å². The monoisotopic (exact) mass is 386 g/mol. The highest BCUT2D eigenvalue weighted by Gasteiger charge is 2.26. The van der Waals surface area contributed by atoms with Crippen molar-refractivity contribution in [1.82, 2.24) is 4.98 Å². The van der Waals surface area contributed by atoms with Gasteiger partial charge in [0.05, 0.1) is 13.6 Å². The van der Waals surface area contributed by atoms with Crippen LogP contribution in [0.3, 0.4) is 0 Å². The lowest BCUT2D eigenvalue weighted by molar-refractivity contribution is -0.659. The molecule has 0 aliphatic rings. The Morgan fingerprint density at radius 1 is 1.04 bits per heavy atom. The quantitative estimate of drug-likeness (QED) is 0.376. The number of benzene rings is 1. The number of nitriles is 1. The molecule has 0 N–H and O–H groups in total. The number of furan rings is 1. The number of hydrogen-bond acceptors (Lipinski definition) is 3. The average Bonchev–Trinajstić information content (AvgIpc) is 3.00. The van der Waals surface area contributed by atoms with Crippen LogP contribution in [-0.2, 0) is 7.05 Å². The Bertz CT molecular complexity index is 1290. The van der Waals surface area contributed by atoms with Gasteiger partial charge >= 0.3 is 0 Å². The summed E-state index contributed by atoms with van der Waals surface area (Å²) in [7, 11) is 0.680. The molecule has 0 radical (unpaired) electrons. The Morgan fingerprint density at radius 2 is 1.75 bits per heavy atom. The van der Waals surface area contributed by atoms with Crippen LogP contribution in [0.5, 0.6) is 0 Å². The molecule has 4 aromatic rings. The van der Waals surface area contributed by atoms with Crippen molar-refractivity contribution >= 4 is 35.3 Å². The number of rotatable bonds is 2. The number of aryl methyl sites for hydroxylation is 3. The van der Waals surface area contributed by atoms with E-state index in [0.717, 1.165) is 33.2 Å². The van der Waals surface area contributed by atoms with Crippen molar-refractivity contribution in [3.63, 3.8) is 0 Å². The Morgan fingerprint density at radius 3 is 2.43 bits per heavy atom. The van der Waals surface area contributed by atoms with Crippen molar-refractivity contribution in [3.8, 4) is 17.3 Å². The van der Waals surface area contributed by atoms with Crippen LogP contribution < -0.4 is 9.75 Å². The lowest BCUT2D eigenvalue weighted by Gasteiger charge is -2.18. The van der Waals surface area contributed by atoms with Gasteiger partial charge in [-0.05, 0) is 37.1 Å². The zero-order valence-corrected chi connectivity index (χ0v) is 18.2. The molecule has 28 heavy (non-hydrogen) atoms. The molecule has 0 unspecified atom stereocenters. The number of fused-ring (bicyclic) bond motifs is 3. The van der Waals surface area contributed by atoms with Crippen molar-refractivity contribution in [1.29, 1.82) is 5.26 Å². The molecule has 1 aromatic carbocycles. The molecule has 3 aromatic heterocycles. The van der Waals surface area contributed by atoms with E-state index in [-0.39, 0.29) is 0 Å². The van der Waals surface area contributed by atoms with Gasteiger partial charge in [-0.25, -0.2) is 9.55 Å².